The van der Waals surface area contributed by atoms with E-state index in [1.807, 2.05) is 6.08 Å². The van der Waals surface area contributed by atoms with E-state index < -0.39 is 0 Å². The first kappa shape index (κ1) is 21.0. The molecule has 0 nitrogen and oxygen atoms in total. The van der Waals surface area contributed by atoms with Crippen LogP contribution >= 0.6 is 0 Å². The Morgan fingerprint density at radius 1 is 0.682 bits per heavy atom. The molecule has 0 aliphatic heterocycles. The minimum atomic E-state index is 1.18. The van der Waals surface area contributed by atoms with Crippen molar-refractivity contribution in [3.8, 4) is 0 Å². The number of rotatable bonds is 11. The Bertz CT molecular complexity index is 324. The van der Waals surface area contributed by atoms with Crippen LogP contribution in [0, 0.1) is 6.92 Å². The lowest BCUT2D eigenvalue weighted by atomic mass is 10.1. The Labute approximate surface area is 140 Å². The van der Waals surface area contributed by atoms with E-state index in [2.05, 4.69) is 51.6 Å². The minimum Gasteiger partial charge on any atom is -0.0985 e. The molecule has 1 aromatic rings. The highest BCUT2D eigenvalue weighted by Crippen LogP contribution is 2.10. The van der Waals surface area contributed by atoms with E-state index in [4.69, 9.17) is 0 Å². The van der Waals surface area contributed by atoms with E-state index in [-0.39, 0.29) is 0 Å². The second kappa shape index (κ2) is 16.3. The molecule has 0 heteroatoms. The van der Waals surface area contributed by atoms with Crippen LogP contribution < -0.4 is 0 Å². The summed E-state index contributed by atoms with van der Waals surface area (Å²) < 4.78 is 0. The van der Waals surface area contributed by atoms with Crippen molar-refractivity contribution in [3.63, 3.8) is 0 Å². The van der Waals surface area contributed by atoms with Crippen LogP contribution in [0.25, 0.3) is 6.08 Å². The molecule has 0 aliphatic carbocycles. The van der Waals surface area contributed by atoms with Crippen LogP contribution in [0.5, 0.6) is 0 Å². The molecule has 0 saturated heterocycles. The van der Waals surface area contributed by atoms with Gasteiger partial charge in [-0.2, -0.15) is 0 Å². The van der Waals surface area contributed by atoms with Gasteiger partial charge in [0, 0.05) is 0 Å². The van der Waals surface area contributed by atoms with Crippen molar-refractivity contribution in [2.24, 2.45) is 0 Å². The minimum absolute atomic E-state index is 1.18. The number of aryl methyl sites for hydroxylation is 1. The van der Waals surface area contributed by atoms with Gasteiger partial charge in [0.2, 0.25) is 0 Å². The van der Waals surface area contributed by atoms with Crippen LogP contribution in [-0.2, 0) is 0 Å². The Kier molecular flexibility index (Phi) is 15.6. The smallest absolute Gasteiger partial charge is 0.0262 e. The monoisotopic (exact) mass is 302 g/mol. The number of hydrogen-bond acceptors (Lipinski definition) is 0. The van der Waals surface area contributed by atoms with Gasteiger partial charge in [-0.3, -0.25) is 0 Å². The number of unbranched alkanes of at least 4 members (excludes halogenated alkanes) is 10. The second-order valence-corrected chi connectivity index (χ2v) is 6.30. The summed E-state index contributed by atoms with van der Waals surface area (Å²) in [6.07, 6.45) is 17.8. The molecule has 126 valence electrons. The van der Waals surface area contributed by atoms with E-state index in [0.29, 0.717) is 0 Å². The van der Waals surface area contributed by atoms with Crippen LogP contribution in [0.15, 0.2) is 30.8 Å². The summed E-state index contributed by atoms with van der Waals surface area (Å²) in [7, 11) is 0. The fourth-order valence-electron chi connectivity index (χ4n) is 2.44. The predicted molar refractivity (Wildman–Crippen MR) is 103 cm³/mol. The van der Waals surface area contributed by atoms with Crippen LogP contribution in [0.4, 0.5) is 0 Å². The van der Waals surface area contributed by atoms with Crippen LogP contribution in [0.1, 0.15) is 95.6 Å². The van der Waals surface area contributed by atoms with Crippen molar-refractivity contribution < 1.29 is 0 Å². The van der Waals surface area contributed by atoms with Gasteiger partial charge in [-0.1, -0.05) is 127 Å². The van der Waals surface area contributed by atoms with Gasteiger partial charge in [-0.15, -0.1) is 0 Å². The molecule has 0 heterocycles. The third-order valence-electron chi connectivity index (χ3n) is 4.02. The lowest BCUT2D eigenvalue weighted by molar-refractivity contribution is 0.554. The topological polar surface area (TPSA) is 0 Å². The van der Waals surface area contributed by atoms with Gasteiger partial charge in [0.25, 0.3) is 0 Å². The molecule has 0 aromatic heterocycles. The van der Waals surface area contributed by atoms with Crippen molar-refractivity contribution in [2.75, 3.05) is 0 Å². The Balaban J connectivity index is 0.000000425. The molecule has 0 unspecified atom stereocenters. The normalized spacial score (nSPS) is 9.95. The number of hydrogen-bond donors (Lipinski definition) is 0. The molecular weight excluding hydrogens is 264 g/mol. The highest BCUT2D eigenvalue weighted by molar-refractivity contribution is 5.46. The fourth-order valence-corrected chi connectivity index (χ4v) is 2.44. The second-order valence-electron chi connectivity index (χ2n) is 6.30. The van der Waals surface area contributed by atoms with Crippen molar-refractivity contribution in [3.05, 3.63) is 42.0 Å². The quantitative estimate of drug-likeness (QED) is 0.364. The third-order valence-corrected chi connectivity index (χ3v) is 4.02. The standard InChI is InChI=1S/C13H28.C9H10/c1-3-5-7-9-11-13-12-10-8-6-4-2;1-3-9-6-4-8(2)5-7-9/h3-13H2,1-2H3;3-7H,1H2,2H3. The van der Waals surface area contributed by atoms with Crippen molar-refractivity contribution in [1.82, 2.24) is 0 Å². The molecule has 1 rings (SSSR count). The first-order valence-corrected chi connectivity index (χ1v) is 9.43. The Morgan fingerprint density at radius 2 is 1.05 bits per heavy atom. The highest BCUT2D eigenvalue weighted by atomic mass is 14.0. The van der Waals surface area contributed by atoms with Crippen LogP contribution in [0.2, 0.25) is 0 Å². The Hall–Kier alpha value is -1.04. The maximum absolute atomic E-state index is 3.66. The van der Waals surface area contributed by atoms with Gasteiger partial charge in [-0.05, 0) is 12.5 Å². The predicted octanol–water partition coefficient (Wildman–Crippen LogP) is 7.96. The van der Waals surface area contributed by atoms with Gasteiger partial charge in [-0.25, -0.2) is 0 Å². The highest BCUT2D eigenvalue weighted by Gasteiger charge is 1.91. The maximum Gasteiger partial charge on any atom is -0.0262 e. The van der Waals surface area contributed by atoms with E-state index >= 15 is 0 Å². The molecule has 1 aromatic carbocycles. The summed E-state index contributed by atoms with van der Waals surface area (Å²) in [5, 5.41) is 0. The van der Waals surface area contributed by atoms with Gasteiger partial charge in [0.05, 0.1) is 0 Å². The lowest BCUT2D eigenvalue weighted by Crippen LogP contribution is -1.80. The number of benzene rings is 1. The Morgan fingerprint density at radius 3 is 1.36 bits per heavy atom. The lowest BCUT2D eigenvalue weighted by Gasteiger charge is -2.00. The van der Waals surface area contributed by atoms with Crippen molar-refractivity contribution in [1.29, 1.82) is 0 Å². The van der Waals surface area contributed by atoms with E-state index in [1.165, 1.54) is 81.8 Å². The molecule has 0 saturated carbocycles. The van der Waals surface area contributed by atoms with E-state index in [0.717, 1.165) is 0 Å². The zero-order valence-electron chi connectivity index (χ0n) is 15.4. The SMILES string of the molecule is C=Cc1ccc(C)cc1.CCCCCCCCCCCCC. The molecule has 0 bridgehead atoms. The molecule has 0 fully saturated rings. The first-order chi connectivity index (χ1) is 10.7. The van der Waals surface area contributed by atoms with Crippen LogP contribution in [0.3, 0.4) is 0 Å². The average molecular weight is 303 g/mol. The molecule has 0 N–H and O–H groups in total. The van der Waals surface area contributed by atoms with E-state index in [1.54, 1.807) is 0 Å². The van der Waals surface area contributed by atoms with E-state index in [9.17, 15) is 0 Å². The zero-order valence-corrected chi connectivity index (χ0v) is 15.4. The molecule has 0 amide bonds. The summed E-state index contributed by atoms with van der Waals surface area (Å²) >= 11 is 0. The van der Waals surface area contributed by atoms with Crippen LogP contribution in [-0.4, -0.2) is 0 Å². The summed E-state index contributed by atoms with van der Waals surface area (Å²) in [5.41, 5.74) is 2.47. The summed E-state index contributed by atoms with van der Waals surface area (Å²) in [5.74, 6) is 0. The molecule has 0 radical (unpaired) electrons. The van der Waals surface area contributed by atoms with Gasteiger partial charge in [0.15, 0.2) is 0 Å². The first-order valence-electron chi connectivity index (χ1n) is 9.43. The maximum atomic E-state index is 3.66. The van der Waals surface area contributed by atoms with Gasteiger partial charge in [0.1, 0.15) is 0 Å². The largest absolute Gasteiger partial charge is 0.0985 e. The summed E-state index contributed by atoms with van der Waals surface area (Å²) in [6, 6.07) is 8.28. The fraction of sp³-hybridized carbons (Fsp3) is 0.636. The van der Waals surface area contributed by atoms with Crippen molar-refractivity contribution >= 4 is 6.08 Å². The molecule has 0 atom stereocenters. The molecule has 0 spiro atoms. The molecule has 0 aliphatic rings. The van der Waals surface area contributed by atoms with Crippen molar-refractivity contribution in [2.45, 2.75) is 91.4 Å². The molecular formula is C22H38. The molecule has 22 heavy (non-hydrogen) atoms. The van der Waals surface area contributed by atoms with Gasteiger partial charge >= 0.3 is 0 Å². The van der Waals surface area contributed by atoms with Gasteiger partial charge < -0.3 is 0 Å². The average Bonchev–Trinajstić information content (AvgIpc) is 2.55. The zero-order chi connectivity index (χ0) is 16.5. The summed E-state index contributed by atoms with van der Waals surface area (Å²) in [4.78, 5) is 0. The third kappa shape index (κ3) is 13.9. The summed E-state index contributed by atoms with van der Waals surface area (Å²) in [6.45, 7) is 10.3.